The van der Waals surface area contributed by atoms with Crippen LogP contribution in [0.15, 0.2) is 5.38 Å². The van der Waals surface area contributed by atoms with E-state index in [9.17, 15) is 0 Å². The highest BCUT2D eigenvalue weighted by Gasteiger charge is 2.26. The maximum atomic E-state index is 5.86. The molecule has 19 heavy (non-hydrogen) atoms. The molecule has 1 aromatic rings. The number of nitrogens with zero attached hydrogens (tertiary/aromatic N) is 3. The topological polar surface area (TPSA) is 45.4 Å². The highest BCUT2D eigenvalue weighted by Crippen LogP contribution is 2.20. The van der Waals surface area contributed by atoms with Crippen molar-refractivity contribution in [2.75, 3.05) is 26.2 Å². The molecule has 0 saturated carbocycles. The molecule has 1 saturated heterocycles. The fourth-order valence-corrected chi connectivity index (χ4v) is 3.60. The van der Waals surface area contributed by atoms with Gasteiger partial charge in [0, 0.05) is 31.1 Å². The van der Waals surface area contributed by atoms with E-state index in [1.807, 2.05) is 6.92 Å². The second-order valence-corrected chi connectivity index (χ2v) is 6.25. The lowest BCUT2D eigenvalue weighted by Gasteiger charge is -2.26. The molecule has 1 fully saturated rings. The van der Waals surface area contributed by atoms with Gasteiger partial charge in [0.25, 0.3) is 0 Å². The van der Waals surface area contributed by atoms with E-state index < -0.39 is 0 Å². The average Bonchev–Trinajstić information content (AvgIpc) is 3.01. The van der Waals surface area contributed by atoms with E-state index in [4.69, 9.17) is 5.73 Å². The van der Waals surface area contributed by atoms with Gasteiger partial charge < -0.3 is 5.73 Å². The quantitative estimate of drug-likeness (QED) is 0.868. The summed E-state index contributed by atoms with van der Waals surface area (Å²) in [4.78, 5) is 9.70. The van der Waals surface area contributed by atoms with Crippen LogP contribution in [0, 0.1) is 0 Å². The lowest BCUT2D eigenvalue weighted by molar-refractivity contribution is 0.208. The molecule has 0 amide bonds. The minimum atomic E-state index is 0.0563. The molecule has 2 rings (SSSR count). The van der Waals surface area contributed by atoms with Crippen LogP contribution in [0.3, 0.4) is 0 Å². The smallest absolute Gasteiger partial charge is 0.109 e. The summed E-state index contributed by atoms with van der Waals surface area (Å²) in [5.41, 5.74) is 7.04. The van der Waals surface area contributed by atoms with E-state index in [1.165, 1.54) is 25.2 Å². The monoisotopic (exact) mass is 282 g/mol. The van der Waals surface area contributed by atoms with Crippen molar-refractivity contribution < 1.29 is 0 Å². The Morgan fingerprint density at radius 3 is 2.84 bits per heavy atom. The lowest BCUT2D eigenvalue weighted by Crippen LogP contribution is -2.37. The van der Waals surface area contributed by atoms with E-state index in [-0.39, 0.29) is 6.04 Å². The summed E-state index contributed by atoms with van der Waals surface area (Å²) in [5, 5.41) is 3.21. The van der Waals surface area contributed by atoms with Gasteiger partial charge in [0.05, 0.1) is 11.7 Å². The number of hydrogen-bond donors (Lipinski definition) is 1. The van der Waals surface area contributed by atoms with E-state index in [0.717, 1.165) is 30.7 Å². The van der Waals surface area contributed by atoms with Crippen molar-refractivity contribution in [2.45, 2.75) is 45.8 Å². The second kappa shape index (κ2) is 6.79. The zero-order valence-electron chi connectivity index (χ0n) is 12.3. The summed E-state index contributed by atoms with van der Waals surface area (Å²) < 4.78 is 0. The lowest BCUT2D eigenvalue weighted by atomic mass is 10.2. The summed E-state index contributed by atoms with van der Waals surface area (Å²) in [7, 11) is 0. The Hall–Kier alpha value is -0.490. The third-order valence-electron chi connectivity index (χ3n) is 3.92. The Bertz CT molecular complexity index is 387. The van der Waals surface area contributed by atoms with Crippen molar-refractivity contribution in [3.8, 4) is 0 Å². The normalized spacial score (nSPS) is 22.3. The van der Waals surface area contributed by atoms with Crippen molar-refractivity contribution in [3.63, 3.8) is 0 Å². The first-order valence-corrected chi connectivity index (χ1v) is 8.18. The first-order valence-electron chi connectivity index (χ1n) is 7.30. The van der Waals surface area contributed by atoms with Gasteiger partial charge in [-0.3, -0.25) is 9.80 Å². The van der Waals surface area contributed by atoms with Crippen LogP contribution in [0.2, 0.25) is 0 Å². The van der Waals surface area contributed by atoms with Crippen molar-refractivity contribution in [3.05, 3.63) is 16.1 Å². The molecule has 2 heterocycles. The highest BCUT2D eigenvalue weighted by atomic mass is 32.1. The number of likely N-dealkylation sites (N-methyl/N-ethyl adjacent to an activating group) is 1. The zero-order chi connectivity index (χ0) is 13.8. The van der Waals surface area contributed by atoms with Crippen LogP contribution in [-0.4, -0.2) is 47.0 Å². The van der Waals surface area contributed by atoms with Gasteiger partial charge in [-0.15, -0.1) is 11.3 Å². The number of rotatable bonds is 6. The van der Waals surface area contributed by atoms with Crippen molar-refractivity contribution in [1.29, 1.82) is 0 Å². The summed E-state index contributed by atoms with van der Waals surface area (Å²) in [6.45, 7) is 12.1. The maximum Gasteiger partial charge on any atom is 0.109 e. The fourth-order valence-electron chi connectivity index (χ4n) is 2.83. The minimum Gasteiger partial charge on any atom is -0.322 e. The largest absolute Gasteiger partial charge is 0.322 e. The minimum absolute atomic E-state index is 0.0563. The van der Waals surface area contributed by atoms with Crippen molar-refractivity contribution >= 4 is 11.3 Å². The average molecular weight is 282 g/mol. The Morgan fingerprint density at radius 2 is 2.26 bits per heavy atom. The van der Waals surface area contributed by atoms with Crippen LogP contribution in [0.5, 0.6) is 0 Å². The van der Waals surface area contributed by atoms with Crippen molar-refractivity contribution in [1.82, 2.24) is 14.8 Å². The third-order valence-corrected chi connectivity index (χ3v) is 5.02. The van der Waals surface area contributed by atoms with Gasteiger partial charge in [-0.2, -0.15) is 0 Å². The van der Waals surface area contributed by atoms with E-state index >= 15 is 0 Å². The number of likely N-dealkylation sites (tertiary alicyclic amines) is 1. The number of aromatic nitrogens is 1. The Labute approximate surface area is 120 Å². The molecule has 4 nitrogen and oxygen atoms in total. The van der Waals surface area contributed by atoms with Crippen LogP contribution >= 0.6 is 11.3 Å². The molecule has 1 aliphatic heterocycles. The molecule has 0 aliphatic carbocycles. The standard InChI is InChI=1S/C14H26N4S/c1-4-18(5-2)13-6-7-17(9-13)8-12-10-19-14(16-12)11(3)15/h10-11,13H,4-9,15H2,1-3H3. The molecule has 2 unspecified atom stereocenters. The van der Waals surface area contributed by atoms with Crippen molar-refractivity contribution in [2.24, 2.45) is 5.73 Å². The van der Waals surface area contributed by atoms with Gasteiger partial charge in [-0.05, 0) is 26.4 Å². The highest BCUT2D eigenvalue weighted by molar-refractivity contribution is 7.09. The van der Waals surface area contributed by atoms with Crippen LogP contribution in [0.1, 0.15) is 43.9 Å². The fraction of sp³-hybridized carbons (Fsp3) is 0.786. The van der Waals surface area contributed by atoms with Gasteiger partial charge in [0.1, 0.15) is 5.01 Å². The molecule has 0 radical (unpaired) electrons. The summed E-state index contributed by atoms with van der Waals surface area (Å²) in [6, 6.07) is 0.780. The SMILES string of the molecule is CCN(CC)C1CCN(Cc2csc(C(C)N)n2)C1. The van der Waals surface area contributed by atoms with Gasteiger partial charge in [0.2, 0.25) is 0 Å². The molecule has 1 aromatic heterocycles. The zero-order valence-corrected chi connectivity index (χ0v) is 13.1. The molecule has 0 spiro atoms. The molecular weight excluding hydrogens is 256 g/mol. The number of nitrogens with two attached hydrogens (primary N) is 1. The summed E-state index contributed by atoms with van der Waals surface area (Å²) >= 11 is 1.68. The van der Waals surface area contributed by atoms with Crippen LogP contribution in [0.4, 0.5) is 0 Å². The number of thiazole rings is 1. The Morgan fingerprint density at radius 1 is 1.53 bits per heavy atom. The molecule has 2 N–H and O–H groups in total. The first kappa shape index (κ1) is 14.9. The summed E-state index contributed by atoms with van der Waals surface area (Å²) in [5.74, 6) is 0. The summed E-state index contributed by atoms with van der Waals surface area (Å²) in [6.07, 6.45) is 1.28. The van der Waals surface area contributed by atoms with E-state index in [0.29, 0.717) is 0 Å². The van der Waals surface area contributed by atoms with Gasteiger partial charge in [-0.1, -0.05) is 13.8 Å². The molecule has 1 aliphatic rings. The molecule has 2 atom stereocenters. The molecular formula is C14H26N4S. The first-order chi connectivity index (χ1) is 9.13. The second-order valence-electron chi connectivity index (χ2n) is 5.36. The predicted octanol–water partition coefficient (Wildman–Crippen LogP) is 2.08. The van der Waals surface area contributed by atoms with Crippen LogP contribution < -0.4 is 5.73 Å². The number of hydrogen-bond acceptors (Lipinski definition) is 5. The van der Waals surface area contributed by atoms with Gasteiger partial charge >= 0.3 is 0 Å². The Balaban J connectivity index is 1.87. The van der Waals surface area contributed by atoms with E-state index in [1.54, 1.807) is 11.3 Å². The van der Waals surface area contributed by atoms with Crippen LogP contribution in [-0.2, 0) is 6.54 Å². The van der Waals surface area contributed by atoms with Gasteiger partial charge in [-0.25, -0.2) is 4.98 Å². The molecule has 108 valence electrons. The molecule has 0 aromatic carbocycles. The Kier molecular flexibility index (Phi) is 5.33. The molecule has 5 heteroatoms. The van der Waals surface area contributed by atoms with Crippen LogP contribution in [0.25, 0.3) is 0 Å². The predicted molar refractivity (Wildman–Crippen MR) is 81.3 cm³/mol. The maximum absolute atomic E-state index is 5.86. The van der Waals surface area contributed by atoms with Gasteiger partial charge in [0.15, 0.2) is 0 Å². The molecule has 0 bridgehead atoms. The van der Waals surface area contributed by atoms with E-state index in [2.05, 4.69) is 34.0 Å². The third kappa shape index (κ3) is 3.75.